The summed E-state index contributed by atoms with van der Waals surface area (Å²) in [6.45, 7) is 0.754. The fraction of sp³-hybridized carbons (Fsp3) is 0.308. The molecule has 18 heavy (non-hydrogen) atoms. The number of nitrogens with zero attached hydrogens (tertiary/aromatic N) is 1. The molecule has 1 aromatic heterocycles. The second-order valence-electron chi connectivity index (χ2n) is 4.47. The Hall–Kier alpha value is -2.17. The van der Waals surface area contributed by atoms with Crippen molar-refractivity contribution in [1.82, 2.24) is 9.78 Å². The molecule has 5 nitrogen and oxygen atoms in total. The Morgan fingerprint density at radius 3 is 2.72 bits per heavy atom. The predicted octanol–water partition coefficient (Wildman–Crippen LogP) is 1.28. The van der Waals surface area contributed by atoms with Crippen LogP contribution in [0.3, 0.4) is 0 Å². The fourth-order valence-corrected chi connectivity index (χ4v) is 2.45. The molecular weight excluding hydrogens is 230 g/mol. The van der Waals surface area contributed by atoms with Crippen LogP contribution in [0, 0.1) is 0 Å². The van der Waals surface area contributed by atoms with Gasteiger partial charge in [0.25, 0.3) is 5.56 Å². The quantitative estimate of drug-likeness (QED) is 0.838. The molecule has 2 N–H and O–H groups in total. The molecule has 1 aliphatic rings. The number of anilines is 1. The molecule has 5 heteroatoms. The van der Waals surface area contributed by atoms with Crippen LogP contribution in [0.25, 0.3) is 0 Å². The maximum Gasteiger partial charge on any atom is 0.272 e. The first-order valence-electron chi connectivity index (χ1n) is 5.87. The lowest BCUT2D eigenvalue weighted by Crippen LogP contribution is -2.19. The third kappa shape index (κ3) is 1.51. The lowest BCUT2D eigenvalue weighted by atomic mass is 9.95. The molecule has 2 heterocycles. The van der Waals surface area contributed by atoms with Crippen molar-refractivity contribution in [3.8, 4) is 5.75 Å². The van der Waals surface area contributed by atoms with Gasteiger partial charge in [-0.3, -0.25) is 14.6 Å². The fourth-order valence-electron chi connectivity index (χ4n) is 2.45. The van der Waals surface area contributed by atoms with Crippen LogP contribution < -0.4 is 15.6 Å². The van der Waals surface area contributed by atoms with Gasteiger partial charge < -0.3 is 10.1 Å². The number of aromatic amines is 1. The molecule has 1 aromatic carbocycles. The highest BCUT2D eigenvalue weighted by atomic mass is 16.5. The topological polar surface area (TPSA) is 59.0 Å². The molecule has 3 rings (SSSR count). The predicted molar refractivity (Wildman–Crippen MR) is 69.4 cm³/mol. The van der Waals surface area contributed by atoms with Crippen LogP contribution >= 0.6 is 0 Å². The number of rotatable bonds is 2. The van der Waals surface area contributed by atoms with Crippen LogP contribution in [0.4, 0.5) is 5.82 Å². The molecule has 0 unspecified atom stereocenters. The van der Waals surface area contributed by atoms with E-state index in [0.717, 1.165) is 29.2 Å². The average Bonchev–Trinajstić information content (AvgIpc) is 2.92. The molecule has 2 aromatic rings. The van der Waals surface area contributed by atoms with Crippen molar-refractivity contribution in [1.29, 1.82) is 0 Å². The maximum absolute atomic E-state index is 12.0. The van der Waals surface area contributed by atoms with Gasteiger partial charge in [0.15, 0.2) is 0 Å². The summed E-state index contributed by atoms with van der Waals surface area (Å²) < 4.78 is 6.65. The molecule has 0 fully saturated rings. The number of benzene rings is 1. The summed E-state index contributed by atoms with van der Waals surface area (Å²) in [5.41, 5.74) is 1.98. The molecule has 1 atom stereocenters. The summed E-state index contributed by atoms with van der Waals surface area (Å²) in [4.78, 5) is 12.0. The van der Waals surface area contributed by atoms with E-state index in [1.54, 1.807) is 14.2 Å². The molecule has 0 spiro atoms. The zero-order chi connectivity index (χ0) is 12.7. The maximum atomic E-state index is 12.0. The van der Waals surface area contributed by atoms with Crippen molar-refractivity contribution in [2.45, 2.75) is 5.92 Å². The molecular formula is C13H15N3O2. The van der Waals surface area contributed by atoms with Gasteiger partial charge in [-0.25, -0.2) is 0 Å². The van der Waals surface area contributed by atoms with Gasteiger partial charge in [-0.05, 0) is 17.7 Å². The highest BCUT2D eigenvalue weighted by molar-refractivity contribution is 5.55. The number of hydrogen-bond donors (Lipinski definition) is 2. The van der Waals surface area contributed by atoms with E-state index in [2.05, 4.69) is 10.4 Å². The van der Waals surface area contributed by atoms with E-state index < -0.39 is 0 Å². The van der Waals surface area contributed by atoms with Gasteiger partial charge in [0.2, 0.25) is 0 Å². The average molecular weight is 245 g/mol. The highest BCUT2D eigenvalue weighted by Crippen LogP contribution is 2.33. The lowest BCUT2D eigenvalue weighted by Gasteiger charge is -2.09. The third-order valence-electron chi connectivity index (χ3n) is 3.43. The summed E-state index contributed by atoms with van der Waals surface area (Å²) >= 11 is 0. The van der Waals surface area contributed by atoms with Gasteiger partial charge in [0.1, 0.15) is 11.6 Å². The molecule has 0 radical (unpaired) electrons. The minimum atomic E-state index is 0.0378. The van der Waals surface area contributed by atoms with E-state index in [1.165, 1.54) is 4.68 Å². The summed E-state index contributed by atoms with van der Waals surface area (Å²) in [6.07, 6.45) is 0. The number of methoxy groups -OCH3 is 1. The molecule has 0 aliphatic carbocycles. The Morgan fingerprint density at radius 2 is 2.06 bits per heavy atom. The number of aromatic nitrogens is 2. The molecule has 94 valence electrons. The normalized spacial score (nSPS) is 17.3. The van der Waals surface area contributed by atoms with Crippen molar-refractivity contribution in [3.05, 3.63) is 45.7 Å². The highest BCUT2D eigenvalue weighted by Gasteiger charge is 2.29. The molecule has 0 saturated heterocycles. The molecule has 0 saturated carbocycles. The van der Waals surface area contributed by atoms with Gasteiger partial charge in [0.05, 0.1) is 12.7 Å². The molecule has 0 bridgehead atoms. The zero-order valence-electron chi connectivity index (χ0n) is 10.4. The largest absolute Gasteiger partial charge is 0.497 e. The number of fused-ring (bicyclic) bond motifs is 1. The van der Waals surface area contributed by atoms with E-state index in [1.807, 2.05) is 24.3 Å². The van der Waals surface area contributed by atoms with Crippen molar-refractivity contribution in [2.75, 3.05) is 19.0 Å². The Labute approximate surface area is 104 Å². The zero-order valence-corrected chi connectivity index (χ0v) is 10.4. The summed E-state index contributed by atoms with van der Waals surface area (Å²) in [7, 11) is 3.37. The smallest absolute Gasteiger partial charge is 0.272 e. The number of nitrogens with one attached hydrogen (secondary N) is 2. The van der Waals surface area contributed by atoms with Gasteiger partial charge in [-0.2, -0.15) is 0 Å². The van der Waals surface area contributed by atoms with Crippen LogP contribution in [0.15, 0.2) is 29.1 Å². The second-order valence-corrected chi connectivity index (χ2v) is 4.47. The van der Waals surface area contributed by atoms with E-state index in [0.29, 0.717) is 0 Å². The Bertz CT molecular complexity index is 625. The number of H-pyrrole nitrogens is 1. The first-order valence-corrected chi connectivity index (χ1v) is 5.87. The Morgan fingerprint density at radius 1 is 1.33 bits per heavy atom. The first kappa shape index (κ1) is 11.0. The summed E-state index contributed by atoms with van der Waals surface area (Å²) in [5, 5.41) is 6.25. The summed E-state index contributed by atoms with van der Waals surface area (Å²) in [6, 6.07) is 7.86. The van der Waals surface area contributed by atoms with Crippen LogP contribution in [0.2, 0.25) is 0 Å². The standard InChI is InChI=1S/C13H15N3O2/c1-16-13(17)11-10(7-14-12(11)15-16)8-3-5-9(18-2)6-4-8/h3-6,10,14-15H,7H2,1-2H3/t10-/m0/s1. The molecule has 1 aliphatic heterocycles. The molecule has 0 amide bonds. The van der Waals surface area contributed by atoms with Gasteiger partial charge in [0, 0.05) is 19.5 Å². The summed E-state index contributed by atoms with van der Waals surface area (Å²) in [5.74, 6) is 1.77. The monoisotopic (exact) mass is 245 g/mol. The van der Waals surface area contributed by atoms with Gasteiger partial charge >= 0.3 is 0 Å². The minimum Gasteiger partial charge on any atom is -0.497 e. The Balaban J connectivity index is 2.02. The third-order valence-corrected chi connectivity index (χ3v) is 3.43. The van der Waals surface area contributed by atoms with Gasteiger partial charge in [-0.1, -0.05) is 12.1 Å². The van der Waals surface area contributed by atoms with Gasteiger partial charge in [-0.15, -0.1) is 0 Å². The minimum absolute atomic E-state index is 0.0378. The van der Waals surface area contributed by atoms with E-state index in [-0.39, 0.29) is 11.5 Å². The van der Waals surface area contributed by atoms with Crippen LogP contribution in [-0.4, -0.2) is 23.4 Å². The van der Waals surface area contributed by atoms with Crippen molar-refractivity contribution >= 4 is 5.82 Å². The lowest BCUT2D eigenvalue weighted by molar-refractivity contribution is 0.414. The van der Waals surface area contributed by atoms with Crippen LogP contribution in [-0.2, 0) is 7.05 Å². The first-order chi connectivity index (χ1) is 8.70. The Kier molecular flexibility index (Phi) is 2.40. The van der Waals surface area contributed by atoms with E-state index in [9.17, 15) is 4.79 Å². The number of aryl methyl sites for hydroxylation is 1. The van der Waals surface area contributed by atoms with E-state index >= 15 is 0 Å². The second kappa shape index (κ2) is 3.94. The van der Waals surface area contributed by atoms with E-state index in [4.69, 9.17) is 4.74 Å². The van der Waals surface area contributed by atoms with Crippen LogP contribution in [0.5, 0.6) is 5.75 Å². The van der Waals surface area contributed by atoms with Crippen molar-refractivity contribution in [2.24, 2.45) is 7.05 Å². The van der Waals surface area contributed by atoms with Crippen molar-refractivity contribution < 1.29 is 4.74 Å². The SMILES string of the molecule is COc1ccc([C@@H]2CNc3[nH]n(C)c(=O)c32)cc1. The number of ether oxygens (including phenoxy) is 1. The van der Waals surface area contributed by atoms with Crippen molar-refractivity contribution in [3.63, 3.8) is 0 Å². The van der Waals surface area contributed by atoms with Crippen LogP contribution in [0.1, 0.15) is 17.0 Å². The number of hydrogen-bond acceptors (Lipinski definition) is 3.